The van der Waals surface area contributed by atoms with Gasteiger partial charge in [-0.15, -0.1) is 0 Å². The molecule has 372 valence electrons. The van der Waals surface area contributed by atoms with Gasteiger partial charge in [-0.3, -0.25) is 9.78 Å². The number of pyridine rings is 2. The molecular weight excluding hydrogens is 1020 g/mol. The Kier molecular flexibility index (Phi) is 12.9. The molecule has 23 heteroatoms. The number of aromatic hydroxyl groups is 1. The van der Waals surface area contributed by atoms with Crippen LogP contribution in [0.25, 0.3) is 44.7 Å². The zero-order chi connectivity index (χ0) is 50.9. The molecule has 0 unspecified atom stereocenters. The number of hydrogen-bond donors (Lipinski definition) is 2. The predicted molar refractivity (Wildman–Crippen MR) is 272 cm³/mol. The second-order valence-corrected chi connectivity index (χ2v) is 19.6. The van der Waals surface area contributed by atoms with E-state index in [2.05, 4.69) is 69.7 Å². The number of anilines is 3. The summed E-state index contributed by atoms with van der Waals surface area (Å²) in [5.74, 6) is -2.29. The van der Waals surface area contributed by atoms with Gasteiger partial charge in [-0.2, -0.15) is 24.6 Å². The van der Waals surface area contributed by atoms with Gasteiger partial charge in [0, 0.05) is 63.6 Å². The lowest BCUT2D eigenvalue weighted by molar-refractivity contribution is -0.128. The van der Waals surface area contributed by atoms with Crippen molar-refractivity contribution < 1.29 is 23.1 Å². The normalized spacial score (nSPS) is 15.7. The maximum atomic E-state index is 16.4. The summed E-state index contributed by atoms with van der Waals surface area (Å²) in [4.78, 5) is 64.6. The topological polar surface area (TPSA) is 184 Å². The Morgan fingerprint density at radius 3 is 2.50 bits per heavy atom. The molecule has 8 heterocycles. The number of halogens is 5. The van der Waals surface area contributed by atoms with E-state index in [1.807, 2.05) is 20.8 Å². The first-order valence-corrected chi connectivity index (χ1v) is 24.4. The zero-order valence-corrected chi connectivity index (χ0v) is 42.2. The molecule has 0 aliphatic carbocycles. The van der Waals surface area contributed by atoms with Gasteiger partial charge in [0.05, 0.1) is 56.6 Å². The number of nitrogens with zero attached hydrogens (tertiary/aromatic N) is 14. The van der Waals surface area contributed by atoms with Crippen LogP contribution in [0.3, 0.4) is 0 Å². The van der Waals surface area contributed by atoms with Gasteiger partial charge >= 0.3 is 5.69 Å². The molecule has 10 rings (SSSR count). The number of benzene rings is 2. The molecule has 1 atom stereocenters. The van der Waals surface area contributed by atoms with Gasteiger partial charge in [0.15, 0.2) is 22.9 Å². The summed E-state index contributed by atoms with van der Waals surface area (Å²) in [5.41, 5.74) is 1.01. The summed E-state index contributed by atoms with van der Waals surface area (Å²) >= 11 is 9.79. The lowest BCUT2D eigenvalue weighted by Crippen LogP contribution is -2.54. The van der Waals surface area contributed by atoms with Gasteiger partial charge in [0.1, 0.15) is 34.4 Å². The van der Waals surface area contributed by atoms with E-state index in [4.69, 9.17) is 21.6 Å². The number of amides is 1. The van der Waals surface area contributed by atoms with Crippen molar-refractivity contribution in [1.29, 1.82) is 0 Å². The number of piperazine rings is 2. The van der Waals surface area contributed by atoms with Crippen LogP contribution in [0.1, 0.15) is 43.8 Å². The Labute approximate surface area is 423 Å². The van der Waals surface area contributed by atoms with Crippen LogP contribution in [0.5, 0.6) is 5.75 Å². The number of hydrogen-bond acceptors (Lipinski definition) is 14. The van der Waals surface area contributed by atoms with Gasteiger partial charge in [0.2, 0.25) is 11.9 Å². The first kappa shape index (κ1) is 48.5. The first-order valence-electron chi connectivity index (χ1n) is 23.2. The monoisotopic (exact) mass is 1070 g/mol. The van der Waals surface area contributed by atoms with Gasteiger partial charge in [-0.05, 0) is 84.7 Å². The molecule has 6 aromatic heterocycles. The number of aromatic nitrogens is 10. The molecule has 2 N–H and O–H groups in total. The maximum absolute atomic E-state index is 16.4. The minimum Gasteiger partial charge on any atom is -0.507 e. The van der Waals surface area contributed by atoms with Crippen LogP contribution in [0, 0.1) is 24.4 Å². The second-order valence-electron chi connectivity index (χ2n) is 18.4. The zero-order valence-electron chi connectivity index (χ0n) is 39.8. The maximum Gasteiger partial charge on any atom is 0.355 e. The largest absolute Gasteiger partial charge is 0.507 e. The summed E-state index contributed by atoms with van der Waals surface area (Å²) in [6.07, 6.45) is 3.26. The third-order valence-electron chi connectivity index (χ3n) is 13.2. The molecule has 2 saturated heterocycles. The van der Waals surface area contributed by atoms with Crippen LogP contribution in [-0.2, 0) is 17.9 Å². The van der Waals surface area contributed by atoms with Crippen LogP contribution < -0.4 is 20.8 Å². The molecule has 2 aromatic carbocycles. The number of carbonyl (C=O) groups excluding carboxylic acids is 1. The Balaban J connectivity index is 0.945. The van der Waals surface area contributed by atoms with Crippen molar-refractivity contribution >= 4 is 78.9 Å². The quantitative estimate of drug-likeness (QED) is 0.123. The number of likely N-dealkylation sites (N-methyl/N-ethyl adjacent to an activating group) is 1. The highest BCUT2D eigenvalue weighted by molar-refractivity contribution is 9.10. The SMILES string of the molecule is C=C(Cn1c(CNc2nc(N3CCN(C)CC3)nc3c(Br)cnn23)nc2c(F)c(Cl)ccc21)C(=O)N1CCN(c2nc(=O)n(-c3c(C)ccnc3C(C)C)c3nc(-c4c(O)cccc4F)c(F)cc23)[C@@H](C)C1. The highest BCUT2D eigenvalue weighted by Crippen LogP contribution is 2.37. The minimum absolute atomic E-state index is 0.0131. The molecule has 8 aromatic rings. The van der Waals surface area contributed by atoms with Crippen LogP contribution >= 0.6 is 27.5 Å². The fraction of sp³-hybridized carbons (Fsp3) is 0.327. The van der Waals surface area contributed by atoms with Crippen molar-refractivity contribution in [2.45, 2.75) is 52.7 Å². The highest BCUT2D eigenvalue weighted by atomic mass is 79.9. The summed E-state index contributed by atoms with van der Waals surface area (Å²) < 4.78 is 52.6. The molecule has 2 fully saturated rings. The van der Waals surface area contributed by atoms with Crippen LogP contribution in [0.15, 0.2) is 76.3 Å². The minimum atomic E-state index is -0.958. The summed E-state index contributed by atoms with van der Waals surface area (Å²) in [7, 11) is 2.06. The van der Waals surface area contributed by atoms with E-state index in [-0.39, 0.29) is 77.5 Å². The van der Waals surface area contributed by atoms with E-state index in [0.29, 0.717) is 50.3 Å². The summed E-state index contributed by atoms with van der Waals surface area (Å²) in [5, 5.41) is 18.5. The fourth-order valence-electron chi connectivity index (χ4n) is 9.43. The summed E-state index contributed by atoms with van der Waals surface area (Å²) in [6.45, 7) is 15.2. The van der Waals surface area contributed by atoms with E-state index in [9.17, 15) is 14.7 Å². The van der Waals surface area contributed by atoms with Gasteiger partial charge in [0.25, 0.3) is 5.91 Å². The number of imidazole rings is 1. The van der Waals surface area contributed by atoms with Crippen molar-refractivity contribution in [2.75, 3.05) is 68.0 Å². The van der Waals surface area contributed by atoms with Crippen molar-refractivity contribution in [3.63, 3.8) is 0 Å². The molecule has 0 saturated carbocycles. The lowest BCUT2D eigenvalue weighted by atomic mass is 10.0. The summed E-state index contributed by atoms with van der Waals surface area (Å²) in [6, 6.07) is 9.05. The van der Waals surface area contributed by atoms with Crippen molar-refractivity contribution in [3.8, 4) is 22.7 Å². The number of phenolic OH excluding ortho intramolecular Hbond substituents is 1. The van der Waals surface area contributed by atoms with E-state index in [0.717, 1.165) is 38.3 Å². The van der Waals surface area contributed by atoms with Crippen LogP contribution in [0.2, 0.25) is 5.02 Å². The van der Waals surface area contributed by atoms with Crippen molar-refractivity contribution in [1.82, 2.24) is 58.5 Å². The second kappa shape index (κ2) is 19.1. The Bertz CT molecular complexity index is 3540. The molecule has 1 amide bonds. The number of aryl methyl sites for hydroxylation is 1. The van der Waals surface area contributed by atoms with Crippen molar-refractivity contribution in [2.24, 2.45) is 0 Å². The van der Waals surface area contributed by atoms with Gasteiger partial charge in [-0.25, -0.2) is 32.5 Å². The van der Waals surface area contributed by atoms with Crippen molar-refractivity contribution in [3.05, 3.63) is 122 Å². The first-order chi connectivity index (χ1) is 34.5. The van der Waals surface area contributed by atoms with E-state index in [1.165, 1.54) is 22.8 Å². The number of phenols is 1. The number of carbonyl (C=O) groups is 1. The predicted octanol–water partition coefficient (Wildman–Crippen LogP) is 7.26. The number of nitrogens with one attached hydrogen (secondary N) is 1. The number of rotatable bonds is 11. The Morgan fingerprint density at radius 2 is 1.76 bits per heavy atom. The van der Waals surface area contributed by atoms with E-state index in [1.54, 1.807) is 50.3 Å². The van der Waals surface area contributed by atoms with Crippen LogP contribution in [-0.4, -0.2) is 128 Å². The van der Waals surface area contributed by atoms with Gasteiger partial charge < -0.3 is 34.6 Å². The Morgan fingerprint density at radius 1 is 0.986 bits per heavy atom. The third kappa shape index (κ3) is 8.63. The van der Waals surface area contributed by atoms with E-state index < -0.39 is 46.2 Å². The highest BCUT2D eigenvalue weighted by Gasteiger charge is 2.33. The average molecular weight is 1070 g/mol. The Hall–Kier alpha value is -7.17. The average Bonchev–Trinajstić information content (AvgIpc) is 3.91. The molecule has 72 heavy (non-hydrogen) atoms. The molecule has 2 aliphatic rings. The number of fused-ring (bicyclic) bond motifs is 3. The third-order valence-corrected chi connectivity index (χ3v) is 14.0. The molecule has 0 bridgehead atoms. The standard InChI is InChI=1S/C49H48BrClF3N15O3/c1-25(2)39-42(26(3)12-13-55-39)68-44-29(20-33(53)40(59-44)37-32(52)8-7-9-35(37)70)43(61-49(68)72)66-19-18-65(24-28(66)5)46(71)27(4)23-67-34-11-10-31(51)38(54)41(34)58-36(67)22-56-47-62-48(64-16-14-63(6)15-17-64)60-45-30(50)21-57-69(45)47/h7-13,20-21,25,28,70H,4,14-19,22-24H2,1-3,5-6H3,(H,56,60,62)/t28-/m0/s1. The van der Waals surface area contributed by atoms with Gasteiger partial charge in [-0.1, -0.05) is 38.1 Å². The molecule has 0 radical (unpaired) electrons. The smallest absolute Gasteiger partial charge is 0.355 e. The fourth-order valence-corrected chi connectivity index (χ4v) is 9.93. The lowest BCUT2D eigenvalue weighted by Gasteiger charge is -2.41. The molecule has 0 spiro atoms. The molecular formula is C49H48BrClF3N15O3. The van der Waals surface area contributed by atoms with E-state index >= 15 is 13.2 Å². The molecule has 18 nitrogen and oxygen atoms in total. The molecule has 2 aliphatic heterocycles. The van der Waals surface area contributed by atoms with Crippen LogP contribution in [0.4, 0.5) is 30.9 Å².